The number of benzene rings is 11. The van der Waals surface area contributed by atoms with Gasteiger partial charge in [-0.1, -0.05) is 176 Å². The fourth-order valence-electron chi connectivity index (χ4n) is 10.7. The van der Waals surface area contributed by atoms with E-state index in [4.69, 9.17) is 23.8 Å². The first kappa shape index (κ1) is 37.8. The summed E-state index contributed by atoms with van der Waals surface area (Å²) in [5.74, 6) is 1.67. The Hall–Kier alpha value is -9.39. The van der Waals surface area contributed by atoms with Crippen LogP contribution in [0.2, 0.25) is 0 Å². The van der Waals surface area contributed by atoms with E-state index in [9.17, 15) is 0 Å². The van der Waals surface area contributed by atoms with Gasteiger partial charge in [0.15, 0.2) is 23.1 Å². The van der Waals surface area contributed by atoms with Crippen LogP contribution in [0.1, 0.15) is 0 Å². The zero-order valence-corrected chi connectivity index (χ0v) is 36.9. The SMILES string of the molecule is c1ccc(-c2ccc(-c3nc(-c4ccc5ccc6oc7c(-n8c9cc%10ccccc%10cc9c9ccc%10ccccc%10c98)cccc7c6c5c4)nc(-c4cccc5c4oc4ccccc45)n3)cc2)cc1. The van der Waals surface area contributed by atoms with Crippen LogP contribution in [0.15, 0.2) is 227 Å². The van der Waals surface area contributed by atoms with Crippen molar-refractivity contribution in [3.63, 3.8) is 0 Å². The van der Waals surface area contributed by atoms with Crippen LogP contribution in [0.4, 0.5) is 0 Å². The van der Waals surface area contributed by atoms with E-state index in [2.05, 4.69) is 187 Å². The molecule has 0 saturated carbocycles. The lowest BCUT2D eigenvalue weighted by Crippen LogP contribution is -2.00. The highest BCUT2D eigenvalue weighted by Crippen LogP contribution is 2.44. The summed E-state index contributed by atoms with van der Waals surface area (Å²) in [6.07, 6.45) is 0. The molecule has 320 valence electrons. The summed E-state index contributed by atoms with van der Waals surface area (Å²) in [7, 11) is 0. The Labute approximate surface area is 394 Å². The fraction of sp³-hybridized carbons (Fsp3) is 0. The number of para-hydroxylation sites is 3. The maximum absolute atomic E-state index is 7.05. The molecule has 0 bridgehead atoms. The van der Waals surface area contributed by atoms with Crippen LogP contribution in [0.25, 0.3) is 149 Å². The van der Waals surface area contributed by atoms with E-state index in [0.717, 1.165) is 99.2 Å². The van der Waals surface area contributed by atoms with E-state index in [1.54, 1.807) is 0 Å². The first-order valence-corrected chi connectivity index (χ1v) is 23.2. The minimum absolute atomic E-state index is 0.537. The van der Waals surface area contributed by atoms with Gasteiger partial charge in [-0.15, -0.1) is 0 Å². The van der Waals surface area contributed by atoms with Crippen molar-refractivity contribution in [3.8, 4) is 51.0 Å². The first-order chi connectivity index (χ1) is 34.2. The molecule has 0 amide bonds. The summed E-state index contributed by atoms with van der Waals surface area (Å²) < 4.78 is 16.0. The zero-order chi connectivity index (χ0) is 45.2. The molecule has 6 heteroatoms. The van der Waals surface area contributed by atoms with Gasteiger partial charge in [0.25, 0.3) is 0 Å². The van der Waals surface area contributed by atoms with Crippen molar-refractivity contribution in [1.82, 2.24) is 19.5 Å². The molecule has 0 aliphatic rings. The monoisotopic (exact) mass is 880 g/mol. The standard InChI is InChI=1S/C63H36N4O2/c1-2-12-37(13-3-1)38-24-27-41(28-25-38)61-64-62(66-63(65-61)50-21-10-19-48-46-18-8-9-23-55(46)68-59(48)50)44-29-26-40-31-33-56-57(51(40)35-44)49-20-11-22-53(60(49)69-56)67-54-36-43-16-5-4-15-42(43)34-52(54)47-32-30-39-14-6-7-17-45(39)58(47)67/h1-36H. The van der Waals surface area contributed by atoms with Crippen LogP contribution >= 0.6 is 0 Å². The molecule has 0 unspecified atom stereocenters. The maximum Gasteiger partial charge on any atom is 0.167 e. The highest BCUT2D eigenvalue weighted by molar-refractivity contribution is 6.24. The fourth-order valence-corrected chi connectivity index (χ4v) is 10.7. The highest BCUT2D eigenvalue weighted by Gasteiger charge is 2.22. The van der Waals surface area contributed by atoms with E-state index in [1.165, 1.54) is 32.3 Å². The van der Waals surface area contributed by atoms with Gasteiger partial charge >= 0.3 is 0 Å². The Morgan fingerprint density at radius 2 is 0.928 bits per heavy atom. The lowest BCUT2D eigenvalue weighted by molar-refractivity contribution is 0.666. The Balaban J connectivity index is 0.949. The van der Waals surface area contributed by atoms with Gasteiger partial charge in [-0.25, -0.2) is 15.0 Å². The lowest BCUT2D eigenvalue weighted by atomic mass is 10.0. The highest BCUT2D eigenvalue weighted by atomic mass is 16.3. The van der Waals surface area contributed by atoms with Crippen molar-refractivity contribution in [3.05, 3.63) is 218 Å². The Bertz CT molecular complexity index is 4600. The second kappa shape index (κ2) is 14.6. The van der Waals surface area contributed by atoms with E-state index in [-0.39, 0.29) is 0 Å². The molecular formula is C63H36N4O2. The predicted octanol–water partition coefficient (Wildman–Crippen LogP) is 16.9. The first-order valence-electron chi connectivity index (χ1n) is 23.2. The molecule has 11 aromatic carbocycles. The molecule has 15 aromatic rings. The Kier molecular flexibility index (Phi) is 7.97. The van der Waals surface area contributed by atoms with Crippen molar-refractivity contribution in [2.45, 2.75) is 0 Å². The van der Waals surface area contributed by atoms with Crippen LogP contribution in [0.3, 0.4) is 0 Å². The molecule has 0 spiro atoms. The molecule has 0 atom stereocenters. The number of aromatic nitrogens is 4. The normalized spacial score (nSPS) is 12.1. The van der Waals surface area contributed by atoms with Gasteiger partial charge < -0.3 is 13.4 Å². The number of fused-ring (bicyclic) bond motifs is 14. The van der Waals surface area contributed by atoms with Gasteiger partial charge in [-0.05, 0) is 80.5 Å². The predicted molar refractivity (Wildman–Crippen MR) is 283 cm³/mol. The van der Waals surface area contributed by atoms with Gasteiger partial charge in [0, 0.05) is 48.8 Å². The lowest BCUT2D eigenvalue weighted by Gasteiger charge is -2.11. The molecule has 4 aromatic heterocycles. The second-order valence-electron chi connectivity index (χ2n) is 17.9. The van der Waals surface area contributed by atoms with Crippen molar-refractivity contribution in [2.75, 3.05) is 0 Å². The molecule has 15 rings (SSSR count). The number of hydrogen-bond donors (Lipinski definition) is 0. The van der Waals surface area contributed by atoms with Crippen LogP contribution in [-0.4, -0.2) is 19.5 Å². The van der Waals surface area contributed by atoms with Crippen molar-refractivity contribution < 1.29 is 8.83 Å². The van der Waals surface area contributed by atoms with E-state index in [0.29, 0.717) is 17.5 Å². The van der Waals surface area contributed by atoms with Crippen molar-refractivity contribution in [1.29, 1.82) is 0 Å². The Morgan fingerprint density at radius 3 is 1.80 bits per heavy atom. The number of nitrogens with zero attached hydrogens (tertiary/aromatic N) is 4. The molecular weight excluding hydrogens is 845 g/mol. The zero-order valence-electron chi connectivity index (χ0n) is 36.9. The molecule has 0 aliphatic heterocycles. The molecule has 4 heterocycles. The smallest absolute Gasteiger partial charge is 0.167 e. The van der Waals surface area contributed by atoms with Gasteiger partial charge in [0.2, 0.25) is 0 Å². The van der Waals surface area contributed by atoms with Crippen LogP contribution in [0, 0.1) is 0 Å². The maximum atomic E-state index is 7.05. The quantitative estimate of drug-likeness (QED) is 0.172. The van der Waals surface area contributed by atoms with Gasteiger partial charge in [0.05, 0.1) is 22.3 Å². The summed E-state index contributed by atoms with van der Waals surface area (Å²) >= 11 is 0. The van der Waals surface area contributed by atoms with Gasteiger partial charge in [-0.2, -0.15) is 0 Å². The van der Waals surface area contributed by atoms with E-state index >= 15 is 0 Å². The summed E-state index contributed by atoms with van der Waals surface area (Å²) in [5, 5.41) is 13.5. The van der Waals surface area contributed by atoms with E-state index in [1.807, 2.05) is 36.4 Å². The summed E-state index contributed by atoms with van der Waals surface area (Å²) in [5.41, 5.74) is 11.3. The third-order valence-electron chi connectivity index (χ3n) is 14.0. The average molecular weight is 881 g/mol. The number of hydrogen-bond acceptors (Lipinski definition) is 5. The van der Waals surface area contributed by atoms with Crippen LogP contribution in [-0.2, 0) is 0 Å². The van der Waals surface area contributed by atoms with Crippen molar-refractivity contribution >= 4 is 98.0 Å². The van der Waals surface area contributed by atoms with Crippen LogP contribution in [0.5, 0.6) is 0 Å². The minimum atomic E-state index is 0.537. The molecule has 0 fully saturated rings. The third kappa shape index (κ3) is 5.76. The summed E-state index contributed by atoms with van der Waals surface area (Å²) in [6, 6.07) is 76.8. The second-order valence-corrected chi connectivity index (χ2v) is 17.9. The molecule has 69 heavy (non-hydrogen) atoms. The van der Waals surface area contributed by atoms with Crippen molar-refractivity contribution in [2.24, 2.45) is 0 Å². The molecule has 6 nitrogen and oxygen atoms in total. The Morgan fingerprint density at radius 1 is 0.319 bits per heavy atom. The van der Waals surface area contributed by atoms with Crippen LogP contribution < -0.4 is 0 Å². The average Bonchev–Trinajstić information content (AvgIpc) is 4.10. The van der Waals surface area contributed by atoms with Gasteiger partial charge in [0.1, 0.15) is 16.7 Å². The number of furan rings is 2. The summed E-state index contributed by atoms with van der Waals surface area (Å²) in [6.45, 7) is 0. The number of rotatable bonds is 5. The molecule has 0 aliphatic carbocycles. The van der Waals surface area contributed by atoms with Gasteiger partial charge in [-0.3, -0.25) is 0 Å². The third-order valence-corrected chi connectivity index (χ3v) is 14.0. The largest absolute Gasteiger partial charge is 0.455 e. The molecule has 0 N–H and O–H groups in total. The minimum Gasteiger partial charge on any atom is -0.455 e. The van der Waals surface area contributed by atoms with E-state index < -0.39 is 0 Å². The molecule has 0 saturated heterocycles. The summed E-state index contributed by atoms with van der Waals surface area (Å²) in [4.78, 5) is 15.7. The molecule has 0 radical (unpaired) electrons. The topological polar surface area (TPSA) is 69.9 Å².